The molecule has 0 amide bonds. The van der Waals surface area contributed by atoms with Crippen LogP contribution in [-0.2, 0) is 10.0 Å². The van der Waals surface area contributed by atoms with E-state index in [4.69, 9.17) is 16.7 Å². The Labute approximate surface area is 87.3 Å². The second-order valence-electron chi connectivity index (χ2n) is 2.65. The number of hydrogen-bond acceptors (Lipinski definition) is 4. The lowest BCUT2D eigenvalue weighted by molar-refractivity contribution is 0.598. The van der Waals surface area contributed by atoms with E-state index >= 15 is 0 Å². The van der Waals surface area contributed by atoms with E-state index in [1.807, 2.05) is 0 Å². The van der Waals surface area contributed by atoms with Gasteiger partial charge in [-0.1, -0.05) is 11.6 Å². The van der Waals surface area contributed by atoms with Crippen molar-refractivity contribution in [2.45, 2.75) is 0 Å². The van der Waals surface area contributed by atoms with Crippen molar-refractivity contribution in [3.05, 3.63) is 23.5 Å². The van der Waals surface area contributed by atoms with Crippen molar-refractivity contribution >= 4 is 27.3 Å². The third kappa shape index (κ3) is 3.91. The molecule has 78 valence electrons. The van der Waals surface area contributed by atoms with Crippen molar-refractivity contribution in [2.75, 3.05) is 17.6 Å². The zero-order valence-electron chi connectivity index (χ0n) is 7.27. The predicted octanol–water partition coefficient (Wildman–Crippen LogP) is 0.435. The Kier molecular flexibility index (Phi) is 3.68. The van der Waals surface area contributed by atoms with Crippen molar-refractivity contribution in [2.24, 2.45) is 5.14 Å². The van der Waals surface area contributed by atoms with Gasteiger partial charge in [0.2, 0.25) is 10.0 Å². The summed E-state index contributed by atoms with van der Waals surface area (Å²) < 4.78 is 21.2. The highest BCUT2D eigenvalue weighted by Gasteiger charge is 2.03. The van der Waals surface area contributed by atoms with Gasteiger partial charge in [-0.05, 0) is 6.07 Å². The lowest BCUT2D eigenvalue weighted by atomic mass is 10.4. The zero-order chi connectivity index (χ0) is 10.6. The van der Waals surface area contributed by atoms with Crippen LogP contribution in [0.25, 0.3) is 0 Å². The van der Waals surface area contributed by atoms with Crippen LogP contribution in [0.5, 0.6) is 0 Å². The third-order valence-electron chi connectivity index (χ3n) is 1.47. The molecule has 0 bridgehead atoms. The van der Waals surface area contributed by atoms with E-state index in [9.17, 15) is 8.42 Å². The van der Waals surface area contributed by atoms with Gasteiger partial charge in [-0.2, -0.15) is 0 Å². The summed E-state index contributed by atoms with van der Waals surface area (Å²) in [6, 6.07) is 1.66. The molecule has 0 atom stereocenters. The van der Waals surface area contributed by atoms with Gasteiger partial charge >= 0.3 is 0 Å². The van der Waals surface area contributed by atoms with E-state index in [2.05, 4.69) is 10.3 Å². The van der Waals surface area contributed by atoms with Crippen LogP contribution in [0.15, 0.2) is 18.5 Å². The summed E-state index contributed by atoms with van der Waals surface area (Å²) in [4.78, 5) is 3.79. The molecule has 1 aromatic heterocycles. The molecule has 0 aromatic carbocycles. The van der Waals surface area contributed by atoms with Crippen LogP contribution >= 0.6 is 11.6 Å². The van der Waals surface area contributed by atoms with Crippen molar-refractivity contribution in [1.29, 1.82) is 0 Å². The van der Waals surface area contributed by atoms with Gasteiger partial charge in [-0.25, -0.2) is 13.6 Å². The first kappa shape index (κ1) is 11.2. The molecule has 0 aliphatic carbocycles. The van der Waals surface area contributed by atoms with Gasteiger partial charge < -0.3 is 5.32 Å². The molecule has 0 aliphatic rings. The first-order chi connectivity index (χ1) is 6.49. The van der Waals surface area contributed by atoms with E-state index in [1.54, 1.807) is 12.3 Å². The standard InChI is InChI=1S/C7H10ClN3O2S/c8-6-5-10-2-1-7(6)11-3-4-14(9,12)13/h1-2,5H,3-4H2,(H,10,11)(H2,9,12,13). The number of hydrogen-bond donors (Lipinski definition) is 2. The second-order valence-corrected chi connectivity index (χ2v) is 4.79. The van der Waals surface area contributed by atoms with E-state index in [0.29, 0.717) is 10.7 Å². The lowest BCUT2D eigenvalue weighted by Gasteiger charge is -2.06. The topological polar surface area (TPSA) is 85.1 Å². The molecule has 0 saturated heterocycles. The Bertz CT molecular complexity index is 407. The van der Waals surface area contributed by atoms with Crippen LogP contribution in [0.2, 0.25) is 5.02 Å². The molecule has 0 saturated carbocycles. The maximum Gasteiger partial charge on any atom is 0.210 e. The summed E-state index contributed by atoms with van der Waals surface area (Å²) >= 11 is 5.77. The molecule has 0 aliphatic heterocycles. The Balaban J connectivity index is 2.51. The van der Waals surface area contributed by atoms with Crippen LogP contribution in [-0.4, -0.2) is 25.7 Å². The SMILES string of the molecule is NS(=O)(=O)CCNc1ccncc1Cl. The van der Waals surface area contributed by atoms with Gasteiger partial charge in [0.05, 0.1) is 16.5 Å². The summed E-state index contributed by atoms with van der Waals surface area (Å²) in [5.41, 5.74) is 0.644. The Morgan fingerprint density at radius 1 is 1.57 bits per heavy atom. The Morgan fingerprint density at radius 3 is 2.86 bits per heavy atom. The van der Waals surface area contributed by atoms with Crippen LogP contribution in [0.4, 0.5) is 5.69 Å². The Morgan fingerprint density at radius 2 is 2.29 bits per heavy atom. The van der Waals surface area contributed by atoms with Crippen LogP contribution < -0.4 is 10.5 Å². The van der Waals surface area contributed by atoms with E-state index < -0.39 is 10.0 Å². The molecule has 5 nitrogen and oxygen atoms in total. The fraction of sp³-hybridized carbons (Fsp3) is 0.286. The number of nitrogens with one attached hydrogen (secondary N) is 1. The number of pyridine rings is 1. The number of halogens is 1. The highest BCUT2D eigenvalue weighted by molar-refractivity contribution is 7.89. The summed E-state index contributed by atoms with van der Waals surface area (Å²) in [6.07, 6.45) is 3.03. The van der Waals surface area contributed by atoms with Gasteiger partial charge in [0, 0.05) is 18.9 Å². The molecule has 0 spiro atoms. The maximum absolute atomic E-state index is 10.6. The molecule has 7 heteroatoms. The molecule has 3 N–H and O–H groups in total. The largest absolute Gasteiger partial charge is 0.383 e. The Hall–Kier alpha value is -0.850. The number of rotatable bonds is 4. The van der Waals surface area contributed by atoms with E-state index in [-0.39, 0.29) is 12.3 Å². The summed E-state index contributed by atoms with van der Waals surface area (Å²) in [5.74, 6) is -0.133. The molecule has 0 fully saturated rings. The van der Waals surface area contributed by atoms with Gasteiger partial charge in [-0.3, -0.25) is 4.98 Å². The van der Waals surface area contributed by atoms with Gasteiger partial charge in [-0.15, -0.1) is 0 Å². The van der Waals surface area contributed by atoms with Crippen molar-refractivity contribution in [3.63, 3.8) is 0 Å². The average molecular weight is 236 g/mol. The molecule has 0 radical (unpaired) electrons. The zero-order valence-corrected chi connectivity index (χ0v) is 8.85. The monoisotopic (exact) mass is 235 g/mol. The van der Waals surface area contributed by atoms with Gasteiger partial charge in [0.15, 0.2) is 0 Å². The first-order valence-corrected chi connectivity index (χ1v) is 5.92. The number of nitrogens with two attached hydrogens (primary N) is 1. The molecule has 0 unspecified atom stereocenters. The maximum atomic E-state index is 10.6. The highest BCUT2D eigenvalue weighted by atomic mass is 35.5. The smallest absolute Gasteiger partial charge is 0.210 e. The molecule has 1 aromatic rings. The van der Waals surface area contributed by atoms with Crippen LogP contribution in [0, 0.1) is 0 Å². The normalized spacial score (nSPS) is 11.3. The minimum Gasteiger partial charge on any atom is -0.383 e. The molecule has 14 heavy (non-hydrogen) atoms. The van der Waals surface area contributed by atoms with Crippen LogP contribution in [0.3, 0.4) is 0 Å². The number of aromatic nitrogens is 1. The quantitative estimate of drug-likeness (QED) is 0.793. The van der Waals surface area contributed by atoms with Crippen molar-refractivity contribution in [1.82, 2.24) is 4.98 Å². The first-order valence-electron chi connectivity index (χ1n) is 3.83. The highest BCUT2D eigenvalue weighted by Crippen LogP contribution is 2.18. The molecule has 1 rings (SSSR count). The van der Waals surface area contributed by atoms with Crippen LogP contribution in [0.1, 0.15) is 0 Å². The van der Waals surface area contributed by atoms with Crippen molar-refractivity contribution < 1.29 is 8.42 Å². The van der Waals surface area contributed by atoms with Gasteiger partial charge in [0.1, 0.15) is 0 Å². The van der Waals surface area contributed by atoms with Gasteiger partial charge in [0.25, 0.3) is 0 Å². The number of primary sulfonamides is 1. The third-order valence-corrected chi connectivity index (χ3v) is 2.55. The summed E-state index contributed by atoms with van der Waals surface area (Å²) in [6.45, 7) is 0.225. The predicted molar refractivity (Wildman–Crippen MR) is 55.7 cm³/mol. The van der Waals surface area contributed by atoms with E-state index in [0.717, 1.165) is 0 Å². The average Bonchev–Trinajstić information content (AvgIpc) is 2.06. The molecular weight excluding hydrogens is 226 g/mol. The molecule has 1 heterocycles. The fourth-order valence-electron chi connectivity index (χ4n) is 0.847. The number of sulfonamides is 1. The minimum atomic E-state index is -3.43. The lowest BCUT2D eigenvalue weighted by Crippen LogP contribution is -2.22. The number of nitrogens with zero attached hydrogens (tertiary/aromatic N) is 1. The van der Waals surface area contributed by atoms with Crippen molar-refractivity contribution in [3.8, 4) is 0 Å². The summed E-state index contributed by atoms with van der Waals surface area (Å²) in [5, 5.41) is 8.11. The minimum absolute atomic E-state index is 0.133. The molecular formula is C7H10ClN3O2S. The summed E-state index contributed by atoms with van der Waals surface area (Å²) in [7, 11) is -3.43. The number of anilines is 1. The fourth-order valence-corrected chi connectivity index (χ4v) is 1.42. The second kappa shape index (κ2) is 4.59. The van der Waals surface area contributed by atoms with E-state index in [1.165, 1.54) is 6.20 Å².